The van der Waals surface area contributed by atoms with E-state index in [1.54, 1.807) is 18.3 Å². The van der Waals surface area contributed by atoms with E-state index >= 15 is 0 Å². The molecule has 0 aliphatic rings. The molecular weight excluding hydrogens is 281 g/mol. The molecular formula is C14H11ClFN3O. The van der Waals surface area contributed by atoms with Gasteiger partial charge in [0.15, 0.2) is 11.6 Å². The summed E-state index contributed by atoms with van der Waals surface area (Å²) >= 11 is 5.94. The van der Waals surface area contributed by atoms with Crippen LogP contribution in [0.4, 0.5) is 10.1 Å². The lowest BCUT2D eigenvalue weighted by atomic mass is 10.2. The van der Waals surface area contributed by atoms with Crippen molar-refractivity contribution in [3.63, 3.8) is 0 Å². The molecule has 3 N–H and O–H groups in total. The number of H-pyrrole nitrogens is 1. The molecule has 0 spiro atoms. The highest BCUT2D eigenvalue weighted by molar-refractivity contribution is 6.30. The Kier molecular flexibility index (Phi) is 2.99. The standard InChI is InChI=1S/C14H11ClFN3O/c1-7-6-18-14-13(7)11(5-12(15)19-14)20-10-3-2-8(17)4-9(10)16/h2-6H,17H2,1H3,(H,18,19). The summed E-state index contributed by atoms with van der Waals surface area (Å²) in [6, 6.07) is 5.81. The van der Waals surface area contributed by atoms with E-state index in [1.165, 1.54) is 12.1 Å². The molecule has 0 radical (unpaired) electrons. The first-order valence-electron chi connectivity index (χ1n) is 5.91. The monoisotopic (exact) mass is 291 g/mol. The zero-order valence-electron chi connectivity index (χ0n) is 10.6. The number of benzene rings is 1. The number of nitrogens with two attached hydrogens (primary N) is 1. The molecule has 0 atom stereocenters. The lowest BCUT2D eigenvalue weighted by Gasteiger charge is -2.09. The zero-order chi connectivity index (χ0) is 14.3. The molecule has 102 valence electrons. The second-order valence-corrected chi connectivity index (χ2v) is 4.82. The van der Waals surface area contributed by atoms with Gasteiger partial charge in [0.05, 0.1) is 5.39 Å². The van der Waals surface area contributed by atoms with Crippen LogP contribution in [0.2, 0.25) is 5.15 Å². The molecule has 3 aromatic rings. The van der Waals surface area contributed by atoms with E-state index in [0.29, 0.717) is 17.1 Å². The first kappa shape index (κ1) is 12.7. The minimum Gasteiger partial charge on any atom is -0.453 e. The molecule has 1 aromatic carbocycles. The molecule has 0 amide bonds. The van der Waals surface area contributed by atoms with E-state index in [4.69, 9.17) is 22.1 Å². The van der Waals surface area contributed by atoms with Crippen molar-refractivity contribution in [2.45, 2.75) is 6.92 Å². The van der Waals surface area contributed by atoms with Crippen LogP contribution in [0.3, 0.4) is 0 Å². The van der Waals surface area contributed by atoms with Gasteiger partial charge in [-0.3, -0.25) is 0 Å². The summed E-state index contributed by atoms with van der Waals surface area (Å²) in [6.07, 6.45) is 1.79. The molecule has 2 heterocycles. The Morgan fingerprint density at radius 2 is 2.10 bits per heavy atom. The number of ether oxygens (including phenoxy) is 1. The van der Waals surface area contributed by atoms with Gasteiger partial charge in [-0.2, -0.15) is 0 Å². The predicted octanol–water partition coefficient (Wildman–Crippen LogP) is 4.04. The SMILES string of the molecule is Cc1c[nH]c2nc(Cl)cc(Oc3ccc(N)cc3F)c12. The van der Waals surface area contributed by atoms with E-state index in [2.05, 4.69) is 9.97 Å². The van der Waals surface area contributed by atoms with Gasteiger partial charge in [-0.25, -0.2) is 9.37 Å². The quantitative estimate of drug-likeness (QED) is 0.553. The minimum absolute atomic E-state index is 0.0865. The summed E-state index contributed by atoms with van der Waals surface area (Å²) in [4.78, 5) is 7.14. The van der Waals surface area contributed by atoms with Crippen molar-refractivity contribution in [1.29, 1.82) is 0 Å². The zero-order valence-corrected chi connectivity index (χ0v) is 11.3. The van der Waals surface area contributed by atoms with E-state index in [0.717, 1.165) is 10.9 Å². The summed E-state index contributed by atoms with van der Waals surface area (Å²) in [7, 11) is 0. The normalized spacial score (nSPS) is 10.9. The number of nitrogens with zero attached hydrogens (tertiary/aromatic N) is 1. The Morgan fingerprint density at radius 1 is 1.30 bits per heavy atom. The van der Waals surface area contributed by atoms with E-state index < -0.39 is 5.82 Å². The molecule has 3 rings (SSSR count). The van der Waals surface area contributed by atoms with Gasteiger partial charge < -0.3 is 15.5 Å². The highest BCUT2D eigenvalue weighted by Gasteiger charge is 2.13. The van der Waals surface area contributed by atoms with Crippen molar-refractivity contribution in [3.05, 3.63) is 47.0 Å². The number of nitrogens with one attached hydrogen (secondary N) is 1. The average Bonchev–Trinajstić information content (AvgIpc) is 2.74. The van der Waals surface area contributed by atoms with Crippen molar-refractivity contribution in [2.75, 3.05) is 5.73 Å². The molecule has 0 unspecified atom stereocenters. The van der Waals surface area contributed by atoms with Gasteiger partial charge in [0.2, 0.25) is 0 Å². The maximum Gasteiger partial charge on any atom is 0.167 e. The van der Waals surface area contributed by atoms with E-state index in [9.17, 15) is 4.39 Å². The molecule has 0 saturated heterocycles. The molecule has 2 aromatic heterocycles. The van der Waals surface area contributed by atoms with Crippen LogP contribution in [-0.4, -0.2) is 9.97 Å². The van der Waals surface area contributed by atoms with Gasteiger partial charge in [0.25, 0.3) is 0 Å². The number of fused-ring (bicyclic) bond motifs is 1. The van der Waals surface area contributed by atoms with Gasteiger partial charge in [-0.05, 0) is 24.6 Å². The summed E-state index contributed by atoms with van der Waals surface area (Å²) in [5, 5.41) is 1.04. The van der Waals surface area contributed by atoms with Gasteiger partial charge >= 0.3 is 0 Å². The number of hydrogen-bond acceptors (Lipinski definition) is 3. The first-order chi connectivity index (χ1) is 9.54. The number of hydrogen-bond donors (Lipinski definition) is 2. The molecule has 0 fully saturated rings. The molecule has 20 heavy (non-hydrogen) atoms. The predicted molar refractivity (Wildman–Crippen MR) is 76.7 cm³/mol. The van der Waals surface area contributed by atoms with Crippen LogP contribution in [0.1, 0.15) is 5.56 Å². The molecule has 0 bridgehead atoms. The van der Waals surface area contributed by atoms with Gasteiger partial charge in [0.1, 0.15) is 16.5 Å². The summed E-state index contributed by atoms with van der Waals surface area (Å²) in [5.41, 5.74) is 7.39. The van der Waals surface area contributed by atoms with Crippen LogP contribution < -0.4 is 10.5 Å². The van der Waals surface area contributed by atoms with Crippen molar-refractivity contribution in [3.8, 4) is 11.5 Å². The Bertz CT molecular complexity index is 800. The highest BCUT2D eigenvalue weighted by Crippen LogP contribution is 2.34. The Morgan fingerprint density at radius 3 is 2.85 bits per heavy atom. The maximum atomic E-state index is 13.8. The van der Waals surface area contributed by atoms with E-state index in [1.807, 2.05) is 6.92 Å². The Balaban J connectivity index is 2.12. The number of rotatable bonds is 2. The first-order valence-corrected chi connectivity index (χ1v) is 6.29. The Hall–Kier alpha value is -2.27. The second kappa shape index (κ2) is 4.68. The largest absolute Gasteiger partial charge is 0.453 e. The van der Waals surface area contributed by atoms with Crippen molar-refractivity contribution < 1.29 is 9.13 Å². The Labute approximate surface area is 119 Å². The van der Waals surface area contributed by atoms with Crippen LogP contribution in [0.25, 0.3) is 11.0 Å². The fourth-order valence-electron chi connectivity index (χ4n) is 2.03. The minimum atomic E-state index is -0.528. The number of aryl methyl sites for hydroxylation is 1. The van der Waals surface area contributed by atoms with Crippen LogP contribution >= 0.6 is 11.6 Å². The molecule has 0 aliphatic carbocycles. The second-order valence-electron chi connectivity index (χ2n) is 4.43. The molecule has 0 aliphatic heterocycles. The van der Waals surface area contributed by atoms with Crippen LogP contribution in [0.5, 0.6) is 11.5 Å². The maximum absolute atomic E-state index is 13.8. The summed E-state index contributed by atoms with van der Waals surface area (Å²) in [5.74, 6) is 0.00469. The number of aromatic nitrogens is 2. The number of aromatic amines is 1. The number of halogens is 2. The van der Waals surface area contributed by atoms with Crippen LogP contribution in [0.15, 0.2) is 30.5 Å². The summed E-state index contributed by atoms with van der Waals surface area (Å²) < 4.78 is 19.4. The lowest BCUT2D eigenvalue weighted by Crippen LogP contribution is -1.93. The van der Waals surface area contributed by atoms with Gasteiger partial charge in [0, 0.05) is 24.0 Å². The highest BCUT2D eigenvalue weighted by atomic mass is 35.5. The number of nitrogen functional groups attached to an aromatic ring is 1. The van der Waals surface area contributed by atoms with Crippen molar-refractivity contribution >= 4 is 28.3 Å². The van der Waals surface area contributed by atoms with Gasteiger partial charge in [-0.15, -0.1) is 0 Å². The lowest BCUT2D eigenvalue weighted by molar-refractivity contribution is 0.446. The van der Waals surface area contributed by atoms with Crippen LogP contribution in [-0.2, 0) is 0 Å². The van der Waals surface area contributed by atoms with E-state index in [-0.39, 0.29) is 10.9 Å². The molecule has 6 heteroatoms. The smallest absolute Gasteiger partial charge is 0.167 e. The average molecular weight is 292 g/mol. The van der Waals surface area contributed by atoms with Crippen molar-refractivity contribution in [2.24, 2.45) is 0 Å². The summed E-state index contributed by atoms with van der Waals surface area (Å²) in [6.45, 7) is 1.90. The van der Waals surface area contributed by atoms with Gasteiger partial charge in [-0.1, -0.05) is 11.6 Å². The fourth-order valence-corrected chi connectivity index (χ4v) is 2.21. The topological polar surface area (TPSA) is 63.9 Å². The number of pyridine rings is 1. The third kappa shape index (κ3) is 2.16. The van der Waals surface area contributed by atoms with Crippen LogP contribution in [0, 0.1) is 12.7 Å². The molecule has 4 nitrogen and oxygen atoms in total. The molecule has 0 saturated carbocycles. The van der Waals surface area contributed by atoms with Crippen molar-refractivity contribution in [1.82, 2.24) is 9.97 Å². The third-order valence-corrected chi connectivity index (χ3v) is 3.14. The third-order valence-electron chi connectivity index (χ3n) is 2.95. The number of anilines is 1. The fraction of sp³-hybridized carbons (Fsp3) is 0.0714.